The average Bonchev–Trinajstić information content (AvgIpc) is 3.01. The van der Waals surface area contributed by atoms with E-state index in [1.807, 2.05) is 12.1 Å². The van der Waals surface area contributed by atoms with Crippen LogP contribution in [0.3, 0.4) is 0 Å². The van der Waals surface area contributed by atoms with Crippen molar-refractivity contribution in [3.63, 3.8) is 0 Å². The molecule has 1 amide bonds. The minimum Gasteiger partial charge on any atom is -0.369 e. The minimum absolute atomic E-state index is 0.425. The van der Waals surface area contributed by atoms with Crippen molar-refractivity contribution >= 4 is 23.1 Å². The highest BCUT2D eigenvalue weighted by Gasteiger charge is 2.29. The van der Waals surface area contributed by atoms with Crippen molar-refractivity contribution in [1.82, 2.24) is 0 Å². The molecule has 1 aliphatic heterocycles. The van der Waals surface area contributed by atoms with Crippen LogP contribution in [0.5, 0.6) is 0 Å². The number of ketones is 1. The number of anilines is 2. The maximum atomic E-state index is 11.6. The third-order valence-corrected chi connectivity index (χ3v) is 4.14. The van der Waals surface area contributed by atoms with Crippen LogP contribution in [0.2, 0.25) is 0 Å². The first kappa shape index (κ1) is 12.2. The summed E-state index contributed by atoms with van der Waals surface area (Å²) in [5.41, 5.74) is 2.25. The number of carbonyl (C=O) groups is 2. The molecular weight excluding hydrogens is 240 g/mol. The molecule has 0 radical (unpaired) electrons. The quantitative estimate of drug-likeness (QED) is 0.848. The fraction of sp³-hybridized carbons (Fsp3) is 0.467. The van der Waals surface area contributed by atoms with E-state index in [4.69, 9.17) is 0 Å². The van der Waals surface area contributed by atoms with Crippen LogP contribution >= 0.6 is 0 Å². The van der Waals surface area contributed by atoms with Gasteiger partial charge in [-0.2, -0.15) is 0 Å². The second-order valence-electron chi connectivity index (χ2n) is 5.24. The van der Waals surface area contributed by atoms with Crippen LogP contribution in [-0.4, -0.2) is 24.3 Å². The molecule has 1 saturated carbocycles. The van der Waals surface area contributed by atoms with Crippen LogP contribution in [0.25, 0.3) is 0 Å². The highest BCUT2D eigenvalue weighted by molar-refractivity contribution is 6.51. The first-order valence-electron chi connectivity index (χ1n) is 6.97. The van der Waals surface area contributed by atoms with Crippen molar-refractivity contribution in [2.75, 3.05) is 16.8 Å². The number of nitrogens with one attached hydrogen (secondary N) is 1. The third-order valence-electron chi connectivity index (χ3n) is 4.14. The fourth-order valence-electron chi connectivity index (χ4n) is 3.18. The molecule has 0 spiro atoms. The Kier molecular flexibility index (Phi) is 3.01. The maximum Gasteiger partial charge on any atom is 0.296 e. The molecule has 19 heavy (non-hydrogen) atoms. The van der Waals surface area contributed by atoms with Gasteiger partial charge in [-0.15, -0.1) is 0 Å². The summed E-state index contributed by atoms with van der Waals surface area (Å²) in [7, 11) is 0. The lowest BCUT2D eigenvalue weighted by Gasteiger charge is -2.30. The second-order valence-corrected chi connectivity index (χ2v) is 5.24. The van der Waals surface area contributed by atoms with Gasteiger partial charge in [-0.25, -0.2) is 0 Å². The fourth-order valence-corrected chi connectivity index (χ4v) is 3.18. The molecule has 1 fully saturated rings. The van der Waals surface area contributed by atoms with E-state index in [9.17, 15) is 9.59 Å². The molecule has 1 N–H and O–H groups in total. The number of amides is 1. The summed E-state index contributed by atoms with van der Waals surface area (Å²) in [4.78, 5) is 25.3. The Morgan fingerprint density at radius 1 is 1.26 bits per heavy atom. The number of hydrogen-bond donors (Lipinski definition) is 1. The molecule has 1 aromatic carbocycles. The van der Waals surface area contributed by atoms with Crippen LogP contribution < -0.4 is 10.2 Å². The summed E-state index contributed by atoms with van der Waals surface area (Å²) < 4.78 is 0. The zero-order valence-electron chi connectivity index (χ0n) is 11.1. The van der Waals surface area contributed by atoms with Gasteiger partial charge in [-0.05, 0) is 38.0 Å². The predicted molar refractivity (Wildman–Crippen MR) is 74.7 cm³/mol. The van der Waals surface area contributed by atoms with Crippen LogP contribution in [0.1, 0.15) is 43.0 Å². The number of carbonyl (C=O) groups excluding carboxylic acids is 2. The van der Waals surface area contributed by atoms with Crippen molar-refractivity contribution in [3.05, 3.63) is 23.8 Å². The first-order chi connectivity index (χ1) is 9.20. The summed E-state index contributed by atoms with van der Waals surface area (Å²) in [5.74, 6) is -0.943. The standard InChI is InChI=1S/C15H18N2O2/c1-2-17(10-5-3-4-6-10)11-7-8-12-13(9-11)16-15(19)14(12)18/h7-10H,2-6H2,1H3,(H,16,18,19). The lowest BCUT2D eigenvalue weighted by atomic mass is 10.1. The monoisotopic (exact) mass is 258 g/mol. The van der Waals surface area contributed by atoms with E-state index in [0.29, 0.717) is 17.3 Å². The van der Waals surface area contributed by atoms with E-state index in [1.165, 1.54) is 25.7 Å². The maximum absolute atomic E-state index is 11.6. The van der Waals surface area contributed by atoms with Crippen molar-refractivity contribution in [2.24, 2.45) is 0 Å². The number of fused-ring (bicyclic) bond motifs is 1. The zero-order chi connectivity index (χ0) is 13.4. The van der Waals surface area contributed by atoms with Gasteiger partial charge in [0.1, 0.15) is 0 Å². The van der Waals surface area contributed by atoms with E-state index in [-0.39, 0.29) is 0 Å². The van der Waals surface area contributed by atoms with E-state index >= 15 is 0 Å². The molecule has 0 unspecified atom stereocenters. The van der Waals surface area contributed by atoms with Gasteiger partial charge in [0.05, 0.1) is 11.3 Å². The van der Waals surface area contributed by atoms with Crippen LogP contribution in [-0.2, 0) is 4.79 Å². The van der Waals surface area contributed by atoms with Crippen molar-refractivity contribution in [2.45, 2.75) is 38.6 Å². The molecule has 0 aromatic heterocycles. The van der Waals surface area contributed by atoms with Gasteiger partial charge in [0.2, 0.25) is 0 Å². The molecular formula is C15H18N2O2. The highest BCUT2D eigenvalue weighted by Crippen LogP contribution is 2.32. The van der Waals surface area contributed by atoms with Gasteiger partial charge in [-0.3, -0.25) is 9.59 Å². The first-order valence-corrected chi connectivity index (χ1v) is 6.97. The zero-order valence-corrected chi connectivity index (χ0v) is 11.1. The number of Topliss-reactive ketones (excluding diaryl/α,β-unsaturated/α-hetero) is 1. The summed E-state index contributed by atoms with van der Waals surface area (Å²) >= 11 is 0. The Morgan fingerprint density at radius 2 is 2.00 bits per heavy atom. The van der Waals surface area contributed by atoms with Crippen molar-refractivity contribution in [3.8, 4) is 0 Å². The third kappa shape index (κ3) is 2.01. The molecule has 0 atom stereocenters. The van der Waals surface area contributed by atoms with Gasteiger partial charge in [0, 0.05) is 18.3 Å². The van der Waals surface area contributed by atoms with Crippen LogP contribution in [0.4, 0.5) is 11.4 Å². The summed E-state index contributed by atoms with van der Waals surface area (Å²) in [6, 6.07) is 6.25. The van der Waals surface area contributed by atoms with E-state index < -0.39 is 11.7 Å². The van der Waals surface area contributed by atoms with Gasteiger partial charge in [0.15, 0.2) is 0 Å². The van der Waals surface area contributed by atoms with Crippen molar-refractivity contribution < 1.29 is 9.59 Å². The smallest absolute Gasteiger partial charge is 0.296 e. The Bertz CT molecular complexity index is 533. The topological polar surface area (TPSA) is 49.4 Å². The Hall–Kier alpha value is -1.84. The van der Waals surface area contributed by atoms with E-state index in [0.717, 1.165) is 12.2 Å². The molecule has 0 saturated heterocycles. The van der Waals surface area contributed by atoms with E-state index in [2.05, 4.69) is 17.1 Å². The summed E-state index contributed by atoms with van der Waals surface area (Å²) in [5, 5.41) is 2.64. The molecule has 1 aromatic rings. The van der Waals surface area contributed by atoms with Gasteiger partial charge >= 0.3 is 0 Å². The molecule has 4 nitrogen and oxygen atoms in total. The number of hydrogen-bond acceptors (Lipinski definition) is 3. The van der Waals surface area contributed by atoms with E-state index in [1.54, 1.807) is 6.07 Å². The largest absolute Gasteiger partial charge is 0.369 e. The Morgan fingerprint density at radius 3 is 2.68 bits per heavy atom. The van der Waals surface area contributed by atoms with Crippen LogP contribution in [0, 0.1) is 0 Å². The Labute approximate surface area is 112 Å². The number of benzene rings is 1. The predicted octanol–water partition coefficient (Wildman–Crippen LogP) is 2.59. The lowest BCUT2D eigenvalue weighted by molar-refractivity contribution is -0.112. The van der Waals surface area contributed by atoms with Gasteiger partial charge < -0.3 is 10.2 Å². The van der Waals surface area contributed by atoms with Crippen molar-refractivity contribution in [1.29, 1.82) is 0 Å². The van der Waals surface area contributed by atoms with Crippen LogP contribution in [0.15, 0.2) is 18.2 Å². The molecule has 100 valence electrons. The molecule has 4 heteroatoms. The van der Waals surface area contributed by atoms with Gasteiger partial charge in [0.25, 0.3) is 11.7 Å². The molecule has 1 heterocycles. The summed E-state index contributed by atoms with van der Waals surface area (Å²) in [6.07, 6.45) is 5.05. The highest BCUT2D eigenvalue weighted by atomic mass is 16.2. The number of rotatable bonds is 3. The normalized spacial score (nSPS) is 18.6. The number of nitrogens with zero attached hydrogens (tertiary/aromatic N) is 1. The SMILES string of the molecule is CCN(c1ccc2c(c1)NC(=O)C2=O)C1CCCC1. The minimum atomic E-state index is -0.518. The second kappa shape index (κ2) is 4.68. The lowest BCUT2D eigenvalue weighted by Crippen LogP contribution is -2.32. The Balaban J connectivity index is 1.91. The van der Waals surface area contributed by atoms with Gasteiger partial charge in [-0.1, -0.05) is 12.8 Å². The molecule has 2 aliphatic rings. The molecule has 0 bridgehead atoms. The summed E-state index contributed by atoms with van der Waals surface area (Å²) in [6.45, 7) is 3.10. The molecule has 1 aliphatic carbocycles. The average molecular weight is 258 g/mol. The molecule has 3 rings (SSSR count).